The fourth-order valence-corrected chi connectivity index (χ4v) is 1.99. The molecule has 0 amide bonds. The van der Waals surface area contributed by atoms with Crippen LogP contribution >= 0.6 is 11.8 Å². The predicted molar refractivity (Wildman–Crippen MR) is 64.8 cm³/mol. The first-order chi connectivity index (χ1) is 7.37. The maximum atomic E-state index is 10.5. The number of benzene rings is 1. The number of carboxylic acid groups (broad SMARTS) is 1. The lowest BCUT2D eigenvalue weighted by atomic mass is 10.2. The average molecular weight is 240 g/mol. The molecule has 4 heteroatoms. The number of aliphatic carboxylic acids is 1. The Balaban J connectivity index is 2.55. The molecular weight excluding hydrogens is 224 g/mol. The Morgan fingerprint density at radius 1 is 1.31 bits per heavy atom. The number of rotatable bonds is 5. The number of carboxylic acids is 1. The quantitative estimate of drug-likeness (QED) is 0.774. The molecule has 0 aromatic heterocycles. The summed E-state index contributed by atoms with van der Waals surface area (Å²) in [5.41, 5.74) is 0.102. The van der Waals surface area contributed by atoms with Crippen molar-refractivity contribution < 1.29 is 15.0 Å². The second kappa shape index (κ2) is 5.37. The van der Waals surface area contributed by atoms with Crippen molar-refractivity contribution >= 4 is 17.7 Å². The van der Waals surface area contributed by atoms with E-state index in [9.17, 15) is 9.90 Å². The lowest BCUT2D eigenvalue weighted by Gasteiger charge is -2.16. The van der Waals surface area contributed by atoms with Gasteiger partial charge in [0.05, 0.1) is 12.0 Å². The first-order valence-corrected chi connectivity index (χ1v) is 6.01. The summed E-state index contributed by atoms with van der Waals surface area (Å²) in [4.78, 5) is 11.5. The standard InChI is InChI=1S/C12H16O3S/c1-12(2,15)8-16-10-5-3-9(4-6-10)7-11(13)14/h3-6,15H,7-8H2,1-2H3,(H,13,14). The molecule has 0 spiro atoms. The maximum absolute atomic E-state index is 10.5. The zero-order valence-electron chi connectivity index (χ0n) is 9.43. The SMILES string of the molecule is CC(C)(O)CSc1ccc(CC(=O)O)cc1. The van der Waals surface area contributed by atoms with Gasteiger partial charge in [-0.3, -0.25) is 4.79 Å². The molecule has 1 aromatic rings. The Morgan fingerprint density at radius 2 is 1.88 bits per heavy atom. The van der Waals surface area contributed by atoms with Crippen LogP contribution in [0.25, 0.3) is 0 Å². The normalized spacial score (nSPS) is 11.4. The van der Waals surface area contributed by atoms with E-state index in [0.29, 0.717) is 5.75 Å². The molecular formula is C12H16O3S. The van der Waals surface area contributed by atoms with Crippen molar-refractivity contribution in [1.82, 2.24) is 0 Å². The lowest BCUT2D eigenvalue weighted by molar-refractivity contribution is -0.136. The third-order valence-electron chi connectivity index (χ3n) is 1.87. The van der Waals surface area contributed by atoms with Gasteiger partial charge < -0.3 is 10.2 Å². The van der Waals surface area contributed by atoms with Gasteiger partial charge in [-0.25, -0.2) is 0 Å². The average Bonchev–Trinajstić information content (AvgIpc) is 2.14. The predicted octanol–water partition coefficient (Wildman–Crippen LogP) is 2.18. The van der Waals surface area contributed by atoms with E-state index in [0.717, 1.165) is 10.5 Å². The van der Waals surface area contributed by atoms with Crippen LogP contribution in [0.4, 0.5) is 0 Å². The van der Waals surface area contributed by atoms with Crippen LogP contribution in [0.1, 0.15) is 19.4 Å². The monoisotopic (exact) mass is 240 g/mol. The Hall–Kier alpha value is -1.00. The van der Waals surface area contributed by atoms with Gasteiger partial charge in [0.2, 0.25) is 0 Å². The van der Waals surface area contributed by atoms with E-state index >= 15 is 0 Å². The van der Waals surface area contributed by atoms with Crippen LogP contribution in [0.2, 0.25) is 0 Å². The highest BCUT2D eigenvalue weighted by atomic mass is 32.2. The second-order valence-electron chi connectivity index (χ2n) is 4.32. The number of hydrogen-bond donors (Lipinski definition) is 2. The minimum atomic E-state index is -0.822. The topological polar surface area (TPSA) is 57.5 Å². The minimum Gasteiger partial charge on any atom is -0.481 e. The number of hydrogen-bond acceptors (Lipinski definition) is 3. The summed E-state index contributed by atoms with van der Waals surface area (Å²) in [6.45, 7) is 3.53. The van der Waals surface area contributed by atoms with E-state index in [2.05, 4.69) is 0 Å². The number of aliphatic hydroxyl groups is 1. The Labute approximate surface area is 99.5 Å². The van der Waals surface area contributed by atoms with E-state index in [4.69, 9.17) is 5.11 Å². The zero-order chi connectivity index (χ0) is 12.2. The van der Waals surface area contributed by atoms with Gasteiger partial charge in [0.1, 0.15) is 0 Å². The van der Waals surface area contributed by atoms with Crippen molar-refractivity contribution in [2.45, 2.75) is 30.8 Å². The van der Waals surface area contributed by atoms with E-state index < -0.39 is 11.6 Å². The molecule has 0 bridgehead atoms. The third-order valence-corrected chi connectivity index (χ3v) is 3.33. The van der Waals surface area contributed by atoms with Crippen LogP contribution in [0, 0.1) is 0 Å². The van der Waals surface area contributed by atoms with Gasteiger partial charge in [-0.2, -0.15) is 0 Å². The molecule has 16 heavy (non-hydrogen) atoms. The Bertz CT molecular complexity index is 352. The number of thioether (sulfide) groups is 1. The van der Waals surface area contributed by atoms with Gasteiger partial charge in [0, 0.05) is 10.6 Å². The van der Waals surface area contributed by atoms with Gasteiger partial charge in [0.15, 0.2) is 0 Å². The van der Waals surface area contributed by atoms with Crippen molar-refractivity contribution in [3.63, 3.8) is 0 Å². The fraction of sp³-hybridized carbons (Fsp3) is 0.417. The highest BCUT2D eigenvalue weighted by Crippen LogP contribution is 2.22. The molecule has 0 aliphatic rings. The van der Waals surface area contributed by atoms with Gasteiger partial charge in [-0.15, -0.1) is 11.8 Å². The molecule has 0 atom stereocenters. The van der Waals surface area contributed by atoms with Gasteiger partial charge in [0.25, 0.3) is 0 Å². The van der Waals surface area contributed by atoms with Crippen molar-refractivity contribution in [2.24, 2.45) is 0 Å². The van der Waals surface area contributed by atoms with Crippen molar-refractivity contribution in [3.8, 4) is 0 Å². The molecule has 0 saturated heterocycles. The van der Waals surface area contributed by atoms with Crippen molar-refractivity contribution in [3.05, 3.63) is 29.8 Å². The highest BCUT2D eigenvalue weighted by molar-refractivity contribution is 7.99. The summed E-state index contributed by atoms with van der Waals surface area (Å²) in [7, 11) is 0. The highest BCUT2D eigenvalue weighted by Gasteiger charge is 2.12. The molecule has 0 aliphatic heterocycles. The smallest absolute Gasteiger partial charge is 0.307 e. The molecule has 0 unspecified atom stereocenters. The van der Waals surface area contributed by atoms with E-state index in [1.54, 1.807) is 37.7 Å². The van der Waals surface area contributed by atoms with Crippen LogP contribution < -0.4 is 0 Å². The molecule has 88 valence electrons. The van der Waals surface area contributed by atoms with Crippen LogP contribution in [-0.2, 0) is 11.2 Å². The van der Waals surface area contributed by atoms with Gasteiger partial charge in [-0.05, 0) is 31.5 Å². The summed E-state index contributed by atoms with van der Waals surface area (Å²) in [6, 6.07) is 7.38. The Morgan fingerprint density at radius 3 is 2.31 bits per heavy atom. The molecule has 1 aromatic carbocycles. The van der Waals surface area contributed by atoms with Crippen LogP contribution in [0.15, 0.2) is 29.2 Å². The van der Waals surface area contributed by atoms with E-state index in [-0.39, 0.29) is 6.42 Å². The minimum absolute atomic E-state index is 0.0520. The summed E-state index contributed by atoms with van der Waals surface area (Å²) >= 11 is 1.56. The molecule has 1 rings (SSSR count). The van der Waals surface area contributed by atoms with Crippen LogP contribution in [-0.4, -0.2) is 27.5 Å². The molecule has 0 heterocycles. The number of carbonyl (C=O) groups is 1. The molecule has 2 N–H and O–H groups in total. The van der Waals surface area contributed by atoms with Crippen molar-refractivity contribution in [1.29, 1.82) is 0 Å². The molecule has 0 radical (unpaired) electrons. The summed E-state index contributed by atoms with van der Waals surface area (Å²) in [5, 5.41) is 18.2. The Kier molecular flexibility index (Phi) is 4.38. The first kappa shape index (κ1) is 13.1. The van der Waals surface area contributed by atoms with E-state index in [1.165, 1.54) is 0 Å². The molecule has 0 aliphatic carbocycles. The largest absolute Gasteiger partial charge is 0.481 e. The second-order valence-corrected chi connectivity index (χ2v) is 5.36. The maximum Gasteiger partial charge on any atom is 0.307 e. The zero-order valence-corrected chi connectivity index (χ0v) is 10.3. The van der Waals surface area contributed by atoms with Gasteiger partial charge in [-0.1, -0.05) is 12.1 Å². The van der Waals surface area contributed by atoms with Crippen LogP contribution in [0.5, 0.6) is 0 Å². The molecule has 0 fully saturated rings. The third kappa shape index (κ3) is 5.19. The first-order valence-electron chi connectivity index (χ1n) is 5.03. The summed E-state index contributed by atoms with van der Waals surface area (Å²) in [6.07, 6.45) is 0.0520. The van der Waals surface area contributed by atoms with E-state index in [1.807, 2.05) is 12.1 Å². The van der Waals surface area contributed by atoms with Crippen molar-refractivity contribution in [2.75, 3.05) is 5.75 Å². The lowest BCUT2D eigenvalue weighted by Crippen LogP contribution is -2.21. The summed E-state index contributed by atoms with van der Waals surface area (Å²) in [5.74, 6) is -0.206. The van der Waals surface area contributed by atoms with Crippen LogP contribution in [0.3, 0.4) is 0 Å². The molecule has 0 saturated carbocycles. The molecule has 3 nitrogen and oxygen atoms in total. The van der Waals surface area contributed by atoms with Gasteiger partial charge >= 0.3 is 5.97 Å². The summed E-state index contributed by atoms with van der Waals surface area (Å²) < 4.78 is 0. The fourth-order valence-electron chi connectivity index (χ4n) is 1.14.